The Kier molecular flexibility index (Phi) is 6.58. The molecule has 0 heterocycles. The topological polar surface area (TPSA) is 93.1 Å². The predicted molar refractivity (Wildman–Crippen MR) is 117 cm³/mol. The standard InChI is InChI=1S/C25H42O6/c1-16(27)31-17(14-26)15-30-21(28)20-24(5)12-8-18-22(2,3)10-7-11-23(18,4)19(24)9-13-25(20,6)29/h17-20,26,29H,7-15H2,1-6H3. The van der Waals surface area contributed by atoms with Crippen molar-refractivity contribution >= 4 is 11.9 Å². The molecule has 6 nitrogen and oxygen atoms in total. The molecule has 3 saturated carbocycles. The van der Waals surface area contributed by atoms with E-state index in [0.717, 1.165) is 19.3 Å². The normalized spacial score (nSPS) is 42.6. The molecular weight excluding hydrogens is 396 g/mol. The van der Waals surface area contributed by atoms with E-state index in [-0.39, 0.29) is 17.4 Å². The molecule has 0 amide bonds. The zero-order valence-electron chi connectivity index (χ0n) is 20.2. The summed E-state index contributed by atoms with van der Waals surface area (Å²) >= 11 is 0. The third-order valence-electron chi connectivity index (χ3n) is 9.24. The molecule has 0 aromatic heterocycles. The molecule has 0 spiro atoms. The number of carbonyl (C=O) groups excluding carboxylic acids is 2. The van der Waals surface area contributed by atoms with Crippen LogP contribution in [0.2, 0.25) is 0 Å². The summed E-state index contributed by atoms with van der Waals surface area (Å²) in [5.74, 6) is -0.649. The summed E-state index contributed by atoms with van der Waals surface area (Å²) in [7, 11) is 0. The molecule has 31 heavy (non-hydrogen) atoms. The summed E-state index contributed by atoms with van der Waals surface area (Å²) in [6, 6.07) is 0. The molecule has 178 valence electrons. The zero-order valence-corrected chi connectivity index (χ0v) is 20.2. The molecule has 7 atom stereocenters. The molecule has 2 N–H and O–H groups in total. The molecule has 3 aliphatic rings. The van der Waals surface area contributed by atoms with E-state index in [1.807, 2.05) is 0 Å². The molecule has 0 saturated heterocycles. The fourth-order valence-electron chi connectivity index (χ4n) is 8.12. The van der Waals surface area contributed by atoms with Crippen LogP contribution in [-0.4, -0.2) is 47.1 Å². The van der Waals surface area contributed by atoms with Gasteiger partial charge in [-0.25, -0.2) is 0 Å². The molecular formula is C25H42O6. The van der Waals surface area contributed by atoms with Crippen molar-refractivity contribution < 1.29 is 29.3 Å². The van der Waals surface area contributed by atoms with E-state index < -0.39 is 36.2 Å². The van der Waals surface area contributed by atoms with Crippen LogP contribution in [0.1, 0.15) is 86.5 Å². The lowest BCUT2D eigenvalue weighted by Crippen LogP contribution is -2.64. The lowest BCUT2D eigenvalue weighted by molar-refractivity contribution is -0.222. The van der Waals surface area contributed by atoms with Gasteiger partial charge in [0, 0.05) is 6.92 Å². The Morgan fingerprint density at radius 1 is 0.968 bits per heavy atom. The maximum Gasteiger partial charge on any atom is 0.312 e. The molecule has 0 aromatic carbocycles. The minimum atomic E-state index is -1.15. The zero-order chi connectivity index (χ0) is 23.2. The molecule has 0 radical (unpaired) electrons. The highest BCUT2D eigenvalue weighted by molar-refractivity contribution is 5.75. The quantitative estimate of drug-likeness (QED) is 0.633. The molecule has 0 aromatic rings. The molecule has 6 heteroatoms. The van der Waals surface area contributed by atoms with Crippen LogP contribution >= 0.6 is 0 Å². The average molecular weight is 439 g/mol. The van der Waals surface area contributed by atoms with Crippen molar-refractivity contribution in [3.05, 3.63) is 0 Å². The van der Waals surface area contributed by atoms with E-state index in [0.29, 0.717) is 23.7 Å². The van der Waals surface area contributed by atoms with Gasteiger partial charge < -0.3 is 19.7 Å². The Labute approximate surface area is 187 Å². The van der Waals surface area contributed by atoms with Gasteiger partial charge in [0.2, 0.25) is 0 Å². The number of aliphatic hydroxyl groups excluding tert-OH is 1. The van der Waals surface area contributed by atoms with Crippen LogP contribution in [0.15, 0.2) is 0 Å². The van der Waals surface area contributed by atoms with Crippen LogP contribution in [0, 0.1) is 34.0 Å². The fourth-order valence-corrected chi connectivity index (χ4v) is 8.12. The van der Waals surface area contributed by atoms with Crippen molar-refractivity contribution in [2.75, 3.05) is 13.2 Å². The lowest BCUT2D eigenvalue weighted by atomic mass is 9.38. The van der Waals surface area contributed by atoms with Crippen LogP contribution in [0.3, 0.4) is 0 Å². The van der Waals surface area contributed by atoms with Gasteiger partial charge in [0.05, 0.1) is 18.1 Å². The van der Waals surface area contributed by atoms with Crippen molar-refractivity contribution in [2.45, 2.75) is 98.2 Å². The van der Waals surface area contributed by atoms with Crippen LogP contribution in [0.25, 0.3) is 0 Å². The second-order valence-corrected chi connectivity index (χ2v) is 11.9. The first-order chi connectivity index (χ1) is 14.3. The van der Waals surface area contributed by atoms with Gasteiger partial charge in [0.25, 0.3) is 0 Å². The number of fused-ring (bicyclic) bond motifs is 3. The van der Waals surface area contributed by atoms with Gasteiger partial charge in [-0.2, -0.15) is 0 Å². The highest BCUT2D eigenvalue weighted by Crippen LogP contribution is 2.69. The van der Waals surface area contributed by atoms with Gasteiger partial charge in [-0.1, -0.05) is 34.1 Å². The molecule has 3 aliphatic carbocycles. The maximum absolute atomic E-state index is 13.4. The predicted octanol–water partition coefficient (Wildman–Crippen LogP) is 3.86. The smallest absolute Gasteiger partial charge is 0.312 e. The molecule has 7 unspecified atom stereocenters. The maximum atomic E-state index is 13.4. The van der Waals surface area contributed by atoms with Gasteiger partial charge >= 0.3 is 11.9 Å². The van der Waals surface area contributed by atoms with E-state index in [1.54, 1.807) is 6.92 Å². The Morgan fingerprint density at radius 2 is 1.61 bits per heavy atom. The van der Waals surface area contributed by atoms with E-state index in [4.69, 9.17) is 9.47 Å². The van der Waals surface area contributed by atoms with Crippen LogP contribution in [-0.2, 0) is 19.1 Å². The second kappa shape index (κ2) is 8.33. The van der Waals surface area contributed by atoms with Gasteiger partial charge in [0.15, 0.2) is 6.10 Å². The Balaban J connectivity index is 1.86. The average Bonchev–Trinajstić information content (AvgIpc) is 2.62. The number of hydrogen-bond donors (Lipinski definition) is 2. The number of aliphatic hydroxyl groups is 2. The van der Waals surface area contributed by atoms with Crippen molar-refractivity contribution in [2.24, 2.45) is 34.0 Å². The Bertz CT molecular complexity index is 700. The van der Waals surface area contributed by atoms with Crippen molar-refractivity contribution in [1.29, 1.82) is 0 Å². The van der Waals surface area contributed by atoms with E-state index in [2.05, 4.69) is 27.7 Å². The van der Waals surface area contributed by atoms with Gasteiger partial charge in [-0.15, -0.1) is 0 Å². The monoisotopic (exact) mass is 438 g/mol. The summed E-state index contributed by atoms with van der Waals surface area (Å²) in [5.41, 5.74) is -1.06. The number of rotatable bonds is 5. The first-order valence-corrected chi connectivity index (χ1v) is 11.9. The highest BCUT2D eigenvalue weighted by atomic mass is 16.6. The SMILES string of the molecule is CC(=O)OC(CO)COC(=O)C1C(C)(O)CCC2C3(C)CCCC(C)(C)C3CCC12C. The minimum Gasteiger partial charge on any atom is -0.461 e. The summed E-state index contributed by atoms with van der Waals surface area (Å²) in [6.45, 7) is 11.8. The lowest BCUT2D eigenvalue weighted by Gasteiger charge is -2.66. The van der Waals surface area contributed by atoms with Gasteiger partial charge in [-0.05, 0) is 73.5 Å². The second-order valence-electron chi connectivity index (χ2n) is 11.9. The highest BCUT2D eigenvalue weighted by Gasteiger charge is 2.66. The first-order valence-electron chi connectivity index (χ1n) is 11.9. The van der Waals surface area contributed by atoms with E-state index in [1.165, 1.54) is 26.2 Å². The Morgan fingerprint density at radius 3 is 2.23 bits per heavy atom. The number of carbonyl (C=O) groups is 2. The molecule has 3 rings (SSSR count). The van der Waals surface area contributed by atoms with Crippen molar-refractivity contribution in [1.82, 2.24) is 0 Å². The summed E-state index contributed by atoms with van der Waals surface area (Å²) in [5, 5.41) is 20.8. The van der Waals surface area contributed by atoms with Crippen molar-refractivity contribution in [3.8, 4) is 0 Å². The first kappa shape index (κ1) is 24.5. The third-order valence-corrected chi connectivity index (χ3v) is 9.24. The van der Waals surface area contributed by atoms with Crippen LogP contribution in [0.4, 0.5) is 0 Å². The van der Waals surface area contributed by atoms with E-state index in [9.17, 15) is 19.8 Å². The molecule has 3 fully saturated rings. The van der Waals surface area contributed by atoms with Crippen molar-refractivity contribution in [3.63, 3.8) is 0 Å². The summed E-state index contributed by atoms with van der Waals surface area (Å²) in [4.78, 5) is 24.6. The third kappa shape index (κ3) is 4.27. The fraction of sp³-hybridized carbons (Fsp3) is 0.920. The summed E-state index contributed by atoms with van der Waals surface area (Å²) < 4.78 is 10.6. The number of hydrogen-bond acceptors (Lipinski definition) is 6. The Hall–Kier alpha value is -1.14. The summed E-state index contributed by atoms with van der Waals surface area (Å²) in [6.07, 6.45) is 6.19. The number of ether oxygens (including phenoxy) is 2. The van der Waals surface area contributed by atoms with Crippen LogP contribution < -0.4 is 0 Å². The van der Waals surface area contributed by atoms with Gasteiger partial charge in [0.1, 0.15) is 6.61 Å². The minimum absolute atomic E-state index is 0.148. The molecule has 0 bridgehead atoms. The largest absolute Gasteiger partial charge is 0.461 e. The van der Waals surface area contributed by atoms with Gasteiger partial charge in [-0.3, -0.25) is 9.59 Å². The number of esters is 2. The van der Waals surface area contributed by atoms with E-state index >= 15 is 0 Å². The van der Waals surface area contributed by atoms with Crippen LogP contribution in [0.5, 0.6) is 0 Å². The molecule has 0 aliphatic heterocycles.